The highest BCUT2D eigenvalue weighted by molar-refractivity contribution is 5.76. The summed E-state index contributed by atoms with van der Waals surface area (Å²) in [5, 5.41) is 13.5. The number of amides is 1. The van der Waals surface area contributed by atoms with Gasteiger partial charge in [0.15, 0.2) is 0 Å². The first kappa shape index (κ1) is 43.9. The Labute approximate surface area is 283 Å². The average molecular weight is 632 g/mol. The molecule has 0 aliphatic carbocycles. The maximum Gasteiger partial charge on any atom is 0.220 e. The Kier molecular flexibility index (Phi) is 36.5. The van der Waals surface area contributed by atoms with Gasteiger partial charge >= 0.3 is 0 Å². The molecule has 0 unspecified atom stereocenters. The van der Waals surface area contributed by atoms with E-state index in [4.69, 9.17) is 0 Å². The van der Waals surface area contributed by atoms with Crippen LogP contribution in [-0.2, 0) is 4.79 Å². The van der Waals surface area contributed by atoms with Crippen LogP contribution in [0.5, 0.6) is 0 Å². The van der Waals surface area contributed by atoms with Crippen molar-refractivity contribution in [3.05, 3.63) is 24.3 Å². The van der Waals surface area contributed by atoms with Crippen LogP contribution in [-0.4, -0.2) is 23.2 Å². The van der Waals surface area contributed by atoms with E-state index in [2.05, 4.69) is 43.5 Å². The Morgan fingerprint density at radius 2 is 0.844 bits per heavy atom. The van der Waals surface area contributed by atoms with Gasteiger partial charge in [0.25, 0.3) is 0 Å². The van der Waals surface area contributed by atoms with E-state index in [-0.39, 0.29) is 11.9 Å². The molecule has 266 valence electrons. The van der Waals surface area contributed by atoms with Crippen molar-refractivity contribution in [3.8, 4) is 0 Å². The molecule has 0 aliphatic heterocycles. The normalized spacial score (nSPS) is 13.2. The predicted octanol–water partition coefficient (Wildman–Crippen LogP) is 13.5. The molecule has 0 fully saturated rings. The molecule has 0 rings (SSSR count). The SMILES string of the molecule is CCC/C=C\CCCCCCCCCC[C@@H](O)[C@H](C)NC(=O)CCCCCCCCCCCCC/C=C\CCCCCCCC. The highest BCUT2D eigenvalue weighted by atomic mass is 16.3. The Hall–Kier alpha value is -1.09. The van der Waals surface area contributed by atoms with Crippen molar-refractivity contribution in [1.29, 1.82) is 0 Å². The average Bonchev–Trinajstić information content (AvgIpc) is 3.03. The molecule has 0 saturated heterocycles. The number of carbonyl (C=O) groups is 1. The third-order valence-corrected chi connectivity index (χ3v) is 9.37. The summed E-state index contributed by atoms with van der Waals surface area (Å²) in [6.07, 6.45) is 49.6. The van der Waals surface area contributed by atoms with Crippen LogP contribution < -0.4 is 5.32 Å². The number of rotatable bonds is 36. The van der Waals surface area contributed by atoms with Crippen molar-refractivity contribution in [1.82, 2.24) is 5.32 Å². The van der Waals surface area contributed by atoms with Gasteiger partial charge in [0.1, 0.15) is 0 Å². The zero-order valence-corrected chi connectivity index (χ0v) is 30.9. The smallest absolute Gasteiger partial charge is 0.220 e. The fraction of sp³-hybridized carbons (Fsp3) is 0.881. The van der Waals surface area contributed by atoms with Crippen LogP contribution in [0.4, 0.5) is 0 Å². The van der Waals surface area contributed by atoms with Gasteiger partial charge < -0.3 is 10.4 Å². The minimum Gasteiger partial charge on any atom is -0.391 e. The van der Waals surface area contributed by atoms with Crippen LogP contribution >= 0.6 is 0 Å². The minimum absolute atomic E-state index is 0.107. The number of allylic oxidation sites excluding steroid dienone is 4. The van der Waals surface area contributed by atoms with Crippen LogP contribution in [0.25, 0.3) is 0 Å². The molecular weight excluding hydrogens is 550 g/mol. The van der Waals surface area contributed by atoms with E-state index in [1.807, 2.05) is 6.92 Å². The number of aliphatic hydroxyl groups excluding tert-OH is 1. The molecule has 0 aromatic rings. The quantitative estimate of drug-likeness (QED) is 0.0534. The zero-order valence-electron chi connectivity index (χ0n) is 30.9. The third kappa shape index (κ3) is 35.6. The lowest BCUT2D eigenvalue weighted by Gasteiger charge is -2.20. The second-order valence-corrected chi connectivity index (χ2v) is 14.0. The largest absolute Gasteiger partial charge is 0.391 e. The van der Waals surface area contributed by atoms with Crippen LogP contribution in [0.1, 0.15) is 226 Å². The maximum atomic E-state index is 12.3. The maximum absolute atomic E-state index is 12.3. The van der Waals surface area contributed by atoms with Crippen molar-refractivity contribution in [3.63, 3.8) is 0 Å². The molecule has 0 heterocycles. The number of unbranched alkanes of at least 4 members (excludes halogenated alkanes) is 26. The van der Waals surface area contributed by atoms with Gasteiger partial charge in [-0.2, -0.15) is 0 Å². The van der Waals surface area contributed by atoms with Gasteiger partial charge in [-0.05, 0) is 64.7 Å². The Morgan fingerprint density at radius 3 is 1.27 bits per heavy atom. The van der Waals surface area contributed by atoms with E-state index < -0.39 is 6.10 Å². The molecule has 1 amide bonds. The Morgan fingerprint density at radius 1 is 0.489 bits per heavy atom. The fourth-order valence-electron chi connectivity index (χ4n) is 6.17. The van der Waals surface area contributed by atoms with E-state index in [0.717, 1.165) is 25.7 Å². The highest BCUT2D eigenvalue weighted by Crippen LogP contribution is 2.15. The highest BCUT2D eigenvalue weighted by Gasteiger charge is 2.15. The summed E-state index contributed by atoms with van der Waals surface area (Å²) in [4.78, 5) is 12.3. The minimum atomic E-state index is -0.425. The van der Waals surface area contributed by atoms with Crippen LogP contribution in [0.15, 0.2) is 24.3 Å². The summed E-state index contributed by atoms with van der Waals surface area (Å²) >= 11 is 0. The number of carbonyl (C=O) groups excluding carboxylic acids is 1. The summed E-state index contributed by atoms with van der Waals surface area (Å²) in [7, 11) is 0. The van der Waals surface area contributed by atoms with Crippen LogP contribution in [0.2, 0.25) is 0 Å². The molecule has 3 heteroatoms. The second kappa shape index (κ2) is 37.4. The van der Waals surface area contributed by atoms with E-state index in [1.165, 1.54) is 173 Å². The van der Waals surface area contributed by atoms with Gasteiger partial charge in [-0.25, -0.2) is 0 Å². The molecule has 0 radical (unpaired) electrons. The lowest BCUT2D eigenvalue weighted by molar-refractivity contribution is -0.122. The van der Waals surface area contributed by atoms with E-state index in [1.54, 1.807) is 0 Å². The summed E-state index contributed by atoms with van der Waals surface area (Å²) < 4.78 is 0. The Bertz CT molecular complexity index is 643. The van der Waals surface area contributed by atoms with Gasteiger partial charge in [0.05, 0.1) is 12.1 Å². The molecule has 0 spiro atoms. The fourth-order valence-corrected chi connectivity index (χ4v) is 6.17. The van der Waals surface area contributed by atoms with E-state index >= 15 is 0 Å². The third-order valence-electron chi connectivity index (χ3n) is 9.37. The standard InChI is InChI=1S/C42H81NO2/c1-4-6-8-10-12-14-16-18-19-20-21-22-23-24-25-27-29-31-33-35-37-39-42(45)43-40(3)41(44)38-36-34-32-30-28-26-17-15-13-11-9-7-5-2/h9,11,18-19,40-41,44H,4-8,10,12-17,20-39H2,1-3H3,(H,43,45)/b11-9-,19-18-/t40-,41+/m0/s1. The molecule has 0 saturated carbocycles. The van der Waals surface area contributed by atoms with Crippen molar-refractivity contribution in [2.75, 3.05) is 0 Å². The number of hydrogen-bond donors (Lipinski definition) is 2. The molecule has 3 nitrogen and oxygen atoms in total. The van der Waals surface area contributed by atoms with E-state index in [0.29, 0.717) is 6.42 Å². The second-order valence-electron chi connectivity index (χ2n) is 14.0. The van der Waals surface area contributed by atoms with Gasteiger partial charge in [0.2, 0.25) is 5.91 Å². The van der Waals surface area contributed by atoms with Gasteiger partial charge in [-0.3, -0.25) is 4.79 Å². The van der Waals surface area contributed by atoms with Crippen molar-refractivity contribution >= 4 is 5.91 Å². The molecular formula is C42H81NO2. The first-order chi connectivity index (χ1) is 22.1. The molecule has 0 aromatic carbocycles. The predicted molar refractivity (Wildman–Crippen MR) is 201 cm³/mol. The van der Waals surface area contributed by atoms with Crippen LogP contribution in [0, 0.1) is 0 Å². The van der Waals surface area contributed by atoms with Gasteiger partial charge in [-0.15, -0.1) is 0 Å². The molecule has 2 N–H and O–H groups in total. The van der Waals surface area contributed by atoms with Crippen molar-refractivity contribution in [2.24, 2.45) is 0 Å². The van der Waals surface area contributed by atoms with Gasteiger partial charge in [-0.1, -0.05) is 179 Å². The number of nitrogens with one attached hydrogen (secondary N) is 1. The van der Waals surface area contributed by atoms with Crippen molar-refractivity contribution in [2.45, 2.75) is 238 Å². The van der Waals surface area contributed by atoms with Crippen molar-refractivity contribution < 1.29 is 9.90 Å². The molecule has 2 atom stereocenters. The summed E-state index contributed by atoms with van der Waals surface area (Å²) in [6.45, 7) is 6.47. The lowest BCUT2D eigenvalue weighted by Crippen LogP contribution is -2.41. The molecule has 0 aromatic heterocycles. The van der Waals surface area contributed by atoms with Crippen LogP contribution in [0.3, 0.4) is 0 Å². The monoisotopic (exact) mass is 632 g/mol. The topological polar surface area (TPSA) is 49.3 Å². The molecule has 0 aliphatic rings. The Balaban J connectivity index is 3.40. The summed E-state index contributed by atoms with van der Waals surface area (Å²) in [5.41, 5.74) is 0. The lowest BCUT2D eigenvalue weighted by atomic mass is 10.0. The van der Waals surface area contributed by atoms with Gasteiger partial charge in [0, 0.05) is 6.42 Å². The zero-order chi connectivity index (χ0) is 32.9. The number of hydrogen-bond acceptors (Lipinski definition) is 2. The number of aliphatic hydroxyl groups is 1. The summed E-state index contributed by atoms with van der Waals surface area (Å²) in [5.74, 6) is 0.107. The molecule has 45 heavy (non-hydrogen) atoms. The first-order valence-corrected chi connectivity index (χ1v) is 20.4. The first-order valence-electron chi connectivity index (χ1n) is 20.4. The summed E-state index contributed by atoms with van der Waals surface area (Å²) in [6, 6.07) is -0.143. The van der Waals surface area contributed by atoms with E-state index in [9.17, 15) is 9.90 Å². The molecule has 0 bridgehead atoms.